The molecule has 4 aromatic rings. The fourth-order valence-electron chi connectivity index (χ4n) is 8.09. The second kappa shape index (κ2) is 24.5. The van der Waals surface area contributed by atoms with Crippen LogP contribution in [-0.4, -0.2) is 105 Å². The molecule has 2 aliphatic heterocycles. The van der Waals surface area contributed by atoms with Gasteiger partial charge in [0, 0.05) is 78.7 Å². The monoisotopic (exact) mass is 895 g/mol. The van der Waals surface area contributed by atoms with Crippen LogP contribution in [-0.2, 0) is 32.0 Å². The zero-order valence-corrected chi connectivity index (χ0v) is 40.2. The van der Waals surface area contributed by atoms with Crippen molar-refractivity contribution in [2.45, 2.75) is 112 Å². The number of nitrogens with one attached hydrogen (secondary N) is 3. The van der Waals surface area contributed by atoms with Gasteiger partial charge in [-0.1, -0.05) is 72.6 Å². The Balaban J connectivity index is 0.000000652. The Morgan fingerprint density at radius 1 is 1.12 bits per heavy atom. The zero-order chi connectivity index (χ0) is 47.0. The second-order valence-corrected chi connectivity index (χ2v) is 18.1. The van der Waals surface area contributed by atoms with E-state index in [2.05, 4.69) is 56.7 Å². The number of aliphatic hydroxyl groups excluding tert-OH is 1. The number of rotatable bonds is 17. The number of aromatic amines is 1. The number of aliphatic hydroxyl groups is 1. The summed E-state index contributed by atoms with van der Waals surface area (Å²) in [6.45, 7) is 27.6. The van der Waals surface area contributed by atoms with Gasteiger partial charge < -0.3 is 29.9 Å². The van der Waals surface area contributed by atoms with E-state index < -0.39 is 23.6 Å². The molecular weight excluding hydrogens is 825 g/mol. The first kappa shape index (κ1) is 51.1. The SMILES string of the molecule is C=C(C#CC)N1CCCC1.C=CN(C)C(C(=O)NC(Cc1nc(-c2ccc3[nH]c(-c4cccnc4C(C)O)c(CC(C)(C)COC=O)c3c2)cs1)C(=O)N1CCCCN1)C(C)C.CC. The maximum atomic E-state index is 13.8. The number of hydrogen-bond acceptors (Lipinski definition) is 11. The molecule has 4 N–H and O–H groups in total. The molecule has 0 radical (unpaired) electrons. The quantitative estimate of drug-likeness (QED) is 0.0605. The van der Waals surface area contributed by atoms with Crippen molar-refractivity contribution >= 4 is 40.5 Å². The molecule has 3 unspecified atom stereocenters. The minimum atomic E-state index is -0.809. The van der Waals surface area contributed by atoms with Crippen molar-refractivity contribution < 1.29 is 24.2 Å². The lowest BCUT2D eigenvalue weighted by molar-refractivity contribution is -0.141. The van der Waals surface area contributed by atoms with Gasteiger partial charge in [0.15, 0.2) is 0 Å². The summed E-state index contributed by atoms with van der Waals surface area (Å²) < 4.78 is 5.20. The predicted octanol–water partition coefficient (Wildman–Crippen LogP) is 8.05. The average Bonchev–Trinajstić information content (AvgIpc) is 4.08. The molecule has 2 saturated heterocycles. The molecule has 0 spiro atoms. The number of nitrogens with zero attached hydrogens (tertiary/aromatic N) is 5. The van der Waals surface area contributed by atoms with Crippen LogP contribution in [0.5, 0.6) is 0 Å². The standard InChI is InChI=1S/C39H51N7O5S.C9H13N.C2H6/c1-8-45(7)36(24(2)3)37(49)44-31(38(50)46-17-10-9-16-41-46)19-33-42-32(21-52-33)26-13-14-30-28(18-26)29(20-39(5,6)22-51-23-47)35(43-30)27-12-11-15-40-34(27)25(4)48;1-3-6-9(2)10-7-4-5-8-10;1-2/h8,11-15,18,21,23-25,31,36,41,43,48H,1,9-10,16-17,19-20,22H2,2-7H3,(H,44,49);2,4-5,7-8H2,1H3;1-2H3. The highest BCUT2D eigenvalue weighted by Gasteiger charge is 2.33. The molecule has 14 heteroatoms. The number of amides is 2. The number of thiazole rings is 1. The van der Waals surface area contributed by atoms with Crippen LogP contribution in [0.1, 0.15) is 103 Å². The highest BCUT2D eigenvalue weighted by atomic mass is 32.1. The van der Waals surface area contributed by atoms with E-state index in [0.717, 1.165) is 75.6 Å². The first-order valence-electron chi connectivity index (χ1n) is 22.5. The Morgan fingerprint density at radius 3 is 2.47 bits per heavy atom. The maximum Gasteiger partial charge on any atom is 0.293 e. The third-order valence-corrected chi connectivity index (χ3v) is 12.1. The molecular formula is C50H70N8O5S. The van der Waals surface area contributed by atoms with Crippen LogP contribution < -0.4 is 10.7 Å². The van der Waals surface area contributed by atoms with Crippen molar-refractivity contribution in [2.24, 2.45) is 11.3 Å². The Hall–Kier alpha value is -5.49. The summed E-state index contributed by atoms with van der Waals surface area (Å²) in [4.78, 5) is 55.6. The van der Waals surface area contributed by atoms with Crippen molar-refractivity contribution in [1.29, 1.82) is 0 Å². The number of allylic oxidation sites excluding steroid dienone is 1. The number of fused-ring (bicyclic) bond motifs is 1. The number of hydrazine groups is 1. The molecule has 3 aromatic heterocycles. The van der Waals surface area contributed by atoms with Crippen LogP contribution in [0.25, 0.3) is 33.4 Å². The van der Waals surface area contributed by atoms with E-state index in [9.17, 15) is 19.5 Å². The van der Waals surface area contributed by atoms with Gasteiger partial charge in [-0.25, -0.2) is 10.4 Å². The van der Waals surface area contributed by atoms with Crippen LogP contribution in [0.3, 0.4) is 0 Å². The minimum absolute atomic E-state index is 0.00742. The number of hydrogen-bond donors (Lipinski definition) is 4. The lowest BCUT2D eigenvalue weighted by atomic mass is 9.84. The fourth-order valence-corrected chi connectivity index (χ4v) is 8.94. The number of carbonyl (C=O) groups excluding carboxylic acids is 3. The highest BCUT2D eigenvalue weighted by molar-refractivity contribution is 7.10. The van der Waals surface area contributed by atoms with E-state index in [1.54, 1.807) is 29.2 Å². The predicted molar refractivity (Wildman–Crippen MR) is 259 cm³/mol. The lowest BCUT2D eigenvalue weighted by Gasteiger charge is -2.33. The maximum absolute atomic E-state index is 13.8. The summed E-state index contributed by atoms with van der Waals surface area (Å²) >= 11 is 1.45. The van der Waals surface area contributed by atoms with Crippen molar-refractivity contribution in [1.82, 2.24) is 40.5 Å². The third kappa shape index (κ3) is 13.5. The number of likely N-dealkylation sites (tertiary alicyclic amines) is 1. The summed E-state index contributed by atoms with van der Waals surface area (Å²) in [5.74, 6) is 5.39. The van der Waals surface area contributed by atoms with E-state index in [4.69, 9.17) is 9.72 Å². The zero-order valence-electron chi connectivity index (χ0n) is 39.4. The molecule has 2 amide bonds. The molecule has 2 fully saturated rings. The van der Waals surface area contributed by atoms with Gasteiger partial charge in [0.2, 0.25) is 5.91 Å². The average molecular weight is 895 g/mol. The number of H-pyrrole nitrogens is 1. The minimum Gasteiger partial charge on any atom is -0.467 e. The summed E-state index contributed by atoms with van der Waals surface area (Å²) in [5, 5.41) is 18.9. The summed E-state index contributed by atoms with van der Waals surface area (Å²) in [5.41, 5.74) is 9.55. The molecule has 1 aromatic carbocycles. The normalized spacial score (nSPS) is 15.0. The number of ether oxygens (including phenoxy) is 1. The first-order chi connectivity index (χ1) is 30.7. The van der Waals surface area contributed by atoms with Crippen molar-refractivity contribution in [3.05, 3.63) is 83.2 Å². The fraction of sp³-hybridized carbons (Fsp3) is 0.500. The van der Waals surface area contributed by atoms with Crippen LogP contribution in [0.4, 0.5) is 0 Å². The Morgan fingerprint density at radius 2 is 1.84 bits per heavy atom. The van der Waals surface area contributed by atoms with E-state index in [-0.39, 0.29) is 30.8 Å². The molecule has 2 aliphatic rings. The van der Waals surface area contributed by atoms with Gasteiger partial charge >= 0.3 is 0 Å². The first-order valence-corrected chi connectivity index (χ1v) is 23.4. The summed E-state index contributed by atoms with van der Waals surface area (Å²) in [7, 11) is 1.81. The summed E-state index contributed by atoms with van der Waals surface area (Å²) in [6.07, 6.45) is 7.79. The molecule has 0 saturated carbocycles. The van der Waals surface area contributed by atoms with Crippen LogP contribution >= 0.6 is 11.3 Å². The van der Waals surface area contributed by atoms with E-state index >= 15 is 0 Å². The van der Waals surface area contributed by atoms with Gasteiger partial charge in [-0.15, -0.1) is 11.3 Å². The van der Waals surface area contributed by atoms with Gasteiger partial charge in [0.1, 0.15) is 12.1 Å². The molecule has 5 heterocycles. The Labute approximate surface area is 384 Å². The van der Waals surface area contributed by atoms with Gasteiger partial charge in [-0.05, 0) is 87.9 Å². The van der Waals surface area contributed by atoms with Gasteiger partial charge in [0.05, 0.1) is 40.5 Å². The van der Waals surface area contributed by atoms with Crippen molar-refractivity contribution in [3.8, 4) is 34.4 Å². The van der Waals surface area contributed by atoms with Crippen LogP contribution in [0.15, 0.2) is 67.0 Å². The topological polar surface area (TPSA) is 156 Å². The molecule has 6 rings (SSSR count). The van der Waals surface area contributed by atoms with Gasteiger partial charge in [0.25, 0.3) is 12.4 Å². The second-order valence-electron chi connectivity index (χ2n) is 17.1. The molecule has 346 valence electrons. The van der Waals surface area contributed by atoms with Crippen molar-refractivity contribution in [2.75, 3.05) is 39.8 Å². The number of carbonyl (C=O) groups is 3. The molecule has 0 bridgehead atoms. The smallest absolute Gasteiger partial charge is 0.293 e. The Bertz CT molecular complexity index is 2240. The van der Waals surface area contributed by atoms with Gasteiger partial charge in [-0.3, -0.25) is 24.4 Å². The van der Waals surface area contributed by atoms with E-state index in [1.807, 2.05) is 85.2 Å². The van der Waals surface area contributed by atoms with Crippen molar-refractivity contribution in [3.63, 3.8) is 0 Å². The molecule has 0 aliphatic carbocycles. The van der Waals surface area contributed by atoms with Crippen LogP contribution in [0, 0.1) is 23.2 Å². The third-order valence-electron chi connectivity index (χ3n) is 11.2. The summed E-state index contributed by atoms with van der Waals surface area (Å²) in [6, 6.07) is 8.61. The molecule has 64 heavy (non-hydrogen) atoms. The van der Waals surface area contributed by atoms with Crippen LogP contribution in [0.2, 0.25) is 0 Å². The number of benzene rings is 1. The number of aromatic nitrogens is 3. The molecule has 3 atom stereocenters. The highest BCUT2D eigenvalue weighted by Crippen LogP contribution is 2.39. The molecule has 13 nitrogen and oxygen atoms in total. The van der Waals surface area contributed by atoms with Gasteiger partial charge in [-0.2, -0.15) is 0 Å². The van der Waals surface area contributed by atoms with E-state index in [1.165, 1.54) is 24.2 Å². The number of pyridine rings is 1. The van der Waals surface area contributed by atoms with E-state index in [0.29, 0.717) is 31.7 Å². The largest absolute Gasteiger partial charge is 0.467 e. The lowest BCUT2D eigenvalue weighted by Crippen LogP contribution is -2.58. The Kier molecular flexibility index (Phi) is 19.6. The number of likely N-dealkylation sites (N-methyl/N-ethyl adjacent to an activating group) is 1.